The highest BCUT2D eigenvalue weighted by Gasteiger charge is 2.21. The highest BCUT2D eigenvalue weighted by atomic mass is 16.6. The van der Waals surface area contributed by atoms with E-state index in [1.165, 1.54) is 19.4 Å². The van der Waals surface area contributed by atoms with Crippen LogP contribution in [0.15, 0.2) is 18.3 Å². The largest absolute Gasteiger partial charge is 0.481 e. The Balaban J connectivity index is 2.54. The number of carbonyl (C=O) groups excluding carboxylic acids is 1. The van der Waals surface area contributed by atoms with Crippen LogP contribution in [0.5, 0.6) is 5.88 Å². The number of methoxy groups -OCH3 is 1. The third-order valence-electron chi connectivity index (χ3n) is 2.53. The van der Waals surface area contributed by atoms with E-state index in [0.29, 0.717) is 11.4 Å². The van der Waals surface area contributed by atoms with Gasteiger partial charge in [0.2, 0.25) is 5.88 Å². The average Bonchev–Trinajstić information content (AvgIpc) is 2.42. The van der Waals surface area contributed by atoms with E-state index in [9.17, 15) is 15.0 Å². The summed E-state index contributed by atoms with van der Waals surface area (Å²) in [5, 5.41) is 22.3. The smallest absolute Gasteiger partial charge is 0.407 e. The topological polar surface area (TPSA) is 101 Å². The Kier molecular flexibility index (Phi) is 5.92. The maximum Gasteiger partial charge on any atom is 0.407 e. The minimum absolute atomic E-state index is 0.138. The van der Waals surface area contributed by atoms with Crippen molar-refractivity contribution in [2.75, 3.05) is 13.7 Å². The maximum atomic E-state index is 11.5. The van der Waals surface area contributed by atoms with Crippen molar-refractivity contribution in [1.82, 2.24) is 10.3 Å². The maximum absolute atomic E-state index is 11.5. The zero-order valence-electron chi connectivity index (χ0n) is 12.7. The summed E-state index contributed by atoms with van der Waals surface area (Å²) in [5.41, 5.74) is -0.174. The molecule has 0 radical (unpaired) electrons. The van der Waals surface area contributed by atoms with Gasteiger partial charge in [0.05, 0.1) is 7.11 Å². The van der Waals surface area contributed by atoms with Gasteiger partial charge in [0.25, 0.3) is 0 Å². The molecule has 0 aromatic carbocycles. The highest BCUT2D eigenvalue weighted by molar-refractivity contribution is 5.67. The van der Waals surface area contributed by atoms with Crippen LogP contribution < -0.4 is 10.1 Å². The Morgan fingerprint density at radius 2 is 2.10 bits per heavy atom. The molecule has 1 heterocycles. The number of aliphatic hydroxyl groups is 2. The van der Waals surface area contributed by atoms with E-state index >= 15 is 0 Å². The molecule has 0 saturated heterocycles. The van der Waals surface area contributed by atoms with E-state index in [0.717, 1.165) is 0 Å². The van der Waals surface area contributed by atoms with Gasteiger partial charge in [0.1, 0.15) is 17.8 Å². The van der Waals surface area contributed by atoms with Crippen molar-refractivity contribution in [1.29, 1.82) is 0 Å². The van der Waals surface area contributed by atoms with E-state index in [-0.39, 0.29) is 6.54 Å². The fourth-order valence-corrected chi connectivity index (χ4v) is 1.56. The lowest BCUT2D eigenvalue weighted by molar-refractivity contribution is 0.0128. The summed E-state index contributed by atoms with van der Waals surface area (Å²) in [6.45, 7) is 5.07. The number of aliphatic hydroxyl groups excluding tert-OH is 2. The Labute approximate surface area is 123 Å². The van der Waals surface area contributed by atoms with Gasteiger partial charge in [-0.25, -0.2) is 9.78 Å². The van der Waals surface area contributed by atoms with Gasteiger partial charge in [-0.05, 0) is 32.4 Å². The molecule has 0 aliphatic carbocycles. The fraction of sp³-hybridized carbons (Fsp3) is 0.571. The number of nitrogens with zero attached hydrogens (tertiary/aromatic N) is 1. The Morgan fingerprint density at radius 1 is 1.43 bits per heavy atom. The Bertz CT molecular complexity index is 473. The molecule has 118 valence electrons. The van der Waals surface area contributed by atoms with E-state index in [1.54, 1.807) is 26.8 Å². The number of hydrogen-bond acceptors (Lipinski definition) is 6. The number of aromatic nitrogens is 1. The van der Waals surface area contributed by atoms with Crippen LogP contribution in [-0.4, -0.2) is 46.6 Å². The van der Waals surface area contributed by atoms with E-state index < -0.39 is 23.9 Å². The summed E-state index contributed by atoms with van der Waals surface area (Å²) >= 11 is 0. The molecule has 1 aromatic rings. The van der Waals surface area contributed by atoms with Crippen molar-refractivity contribution in [3.05, 3.63) is 23.9 Å². The van der Waals surface area contributed by atoms with Gasteiger partial charge >= 0.3 is 6.09 Å². The molecule has 7 nitrogen and oxygen atoms in total. The molecule has 0 aliphatic heterocycles. The molecule has 0 fully saturated rings. The minimum atomic E-state index is -1.18. The van der Waals surface area contributed by atoms with Gasteiger partial charge in [-0.2, -0.15) is 0 Å². The molecule has 3 N–H and O–H groups in total. The van der Waals surface area contributed by atoms with Crippen molar-refractivity contribution in [3.63, 3.8) is 0 Å². The quantitative estimate of drug-likeness (QED) is 0.750. The number of hydrogen-bond donors (Lipinski definition) is 3. The molecule has 0 spiro atoms. The summed E-state index contributed by atoms with van der Waals surface area (Å²) in [6.07, 6.45) is -1.53. The van der Waals surface area contributed by atoms with E-state index in [2.05, 4.69) is 10.3 Å². The van der Waals surface area contributed by atoms with Crippen LogP contribution in [-0.2, 0) is 4.74 Å². The molecule has 2 unspecified atom stereocenters. The third kappa shape index (κ3) is 5.97. The predicted molar refractivity (Wildman–Crippen MR) is 76.0 cm³/mol. The number of ether oxygens (including phenoxy) is 2. The van der Waals surface area contributed by atoms with Crippen molar-refractivity contribution in [2.45, 2.75) is 38.6 Å². The van der Waals surface area contributed by atoms with Crippen LogP contribution >= 0.6 is 0 Å². The second kappa shape index (κ2) is 7.24. The monoisotopic (exact) mass is 298 g/mol. The number of alkyl carbamates (subject to hydrolysis) is 1. The fourth-order valence-electron chi connectivity index (χ4n) is 1.56. The first-order chi connectivity index (χ1) is 9.73. The van der Waals surface area contributed by atoms with Crippen molar-refractivity contribution >= 4 is 6.09 Å². The van der Waals surface area contributed by atoms with Gasteiger partial charge in [0.15, 0.2) is 0 Å². The summed E-state index contributed by atoms with van der Waals surface area (Å²) in [6, 6.07) is 3.07. The van der Waals surface area contributed by atoms with Crippen LogP contribution in [0.1, 0.15) is 32.4 Å². The van der Waals surface area contributed by atoms with E-state index in [4.69, 9.17) is 9.47 Å². The average molecular weight is 298 g/mol. The number of rotatable bonds is 5. The third-order valence-corrected chi connectivity index (χ3v) is 2.53. The van der Waals surface area contributed by atoms with Gasteiger partial charge in [-0.1, -0.05) is 0 Å². The van der Waals surface area contributed by atoms with Gasteiger partial charge in [0, 0.05) is 18.8 Å². The lowest BCUT2D eigenvalue weighted by Crippen LogP contribution is -2.38. The van der Waals surface area contributed by atoms with Crippen LogP contribution in [0, 0.1) is 0 Å². The predicted octanol–water partition coefficient (Wildman–Crippen LogP) is 1.01. The Hall–Kier alpha value is -1.86. The number of nitrogens with one attached hydrogen (secondary N) is 1. The molecule has 21 heavy (non-hydrogen) atoms. The molecule has 0 saturated carbocycles. The van der Waals surface area contributed by atoms with Gasteiger partial charge in [-0.3, -0.25) is 0 Å². The highest BCUT2D eigenvalue weighted by Crippen LogP contribution is 2.19. The zero-order chi connectivity index (χ0) is 16.0. The molecule has 2 atom stereocenters. The zero-order valence-corrected chi connectivity index (χ0v) is 12.7. The number of amides is 1. The summed E-state index contributed by atoms with van der Waals surface area (Å²) < 4.78 is 9.98. The molecule has 1 rings (SSSR count). The SMILES string of the molecule is COc1cc(C(O)C(O)CNC(=O)OC(C)(C)C)ccn1. The summed E-state index contributed by atoms with van der Waals surface area (Å²) in [5.74, 6) is 0.332. The second-order valence-corrected chi connectivity index (χ2v) is 5.53. The lowest BCUT2D eigenvalue weighted by Gasteiger charge is -2.22. The van der Waals surface area contributed by atoms with Crippen molar-refractivity contribution in [3.8, 4) is 5.88 Å². The van der Waals surface area contributed by atoms with E-state index in [1.807, 2.05) is 0 Å². The number of carbonyl (C=O) groups is 1. The first-order valence-corrected chi connectivity index (χ1v) is 6.56. The summed E-state index contributed by atoms with van der Waals surface area (Å²) in [7, 11) is 1.46. The minimum Gasteiger partial charge on any atom is -0.481 e. The molecular weight excluding hydrogens is 276 g/mol. The second-order valence-electron chi connectivity index (χ2n) is 5.53. The van der Waals surface area contributed by atoms with Crippen molar-refractivity contribution < 1.29 is 24.5 Å². The molecule has 7 heteroatoms. The molecule has 1 aromatic heterocycles. The van der Waals surface area contributed by atoms with Crippen LogP contribution in [0.2, 0.25) is 0 Å². The van der Waals surface area contributed by atoms with Crippen LogP contribution in [0.4, 0.5) is 4.79 Å². The van der Waals surface area contributed by atoms with Crippen LogP contribution in [0.3, 0.4) is 0 Å². The molecule has 0 bridgehead atoms. The van der Waals surface area contributed by atoms with Crippen LogP contribution in [0.25, 0.3) is 0 Å². The first kappa shape index (κ1) is 17.2. The molecule has 0 aliphatic rings. The molecule has 1 amide bonds. The van der Waals surface area contributed by atoms with Crippen molar-refractivity contribution in [2.24, 2.45) is 0 Å². The Morgan fingerprint density at radius 3 is 2.67 bits per heavy atom. The molecular formula is C14H22N2O5. The van der Waals surface area contributed by atoms with Gasteiger partial charge in [-0.15, -0.1) is 0 Å². The first-order valence-electron chi connectivity index (χ1n) is 6.56. The van der Waals surface area contributed by atoms with Gasteiger partial charge < -0.3 is 25.0 Å². The number of pyridine rings is 1. The summed E-state index contributed by atoms with van der Waals surface area (Å²) in [4.78, 5) is 15.4. The normalized spacial score (nSPS) is 14.2. The lowest BCUT2D eigenvalue weighted by atomic mass is 10.1. The standard InChI is InChI=1S/C14H22N2O5/c1-14(2,3)21-13(19)16-8-10(17)12(18)9-5-6-15-11(7-9)20-4/h5-7,10,12,17-18H,8H2,1-4H3,(H,16,19).